The molecule has 0 aliphatic carbocycles. The lowest BCUT2D eigenvalue weighted by atomic mass is 10.3. The van der Waals surface area contributed by atoms with Crippen molar-refractivity contribution in [3.05, 3.63) is 12.2 Å². The fourth-order valence-electron chi connectivity index (χ4n) is 0.330. The van der Waals surface area contributed by atoms with Gasteiger partial charge in [0.2, 0.25) is 0 Å². The minimum Gasteiger partial charge on any atom is -0.454 e. The molecule has 0 saturated carbocycles. The van der Waals surface area contributed by atoms with Crippen molar-refractivity contribution in [3.63, 3.8) is 0 Å². The fraction of sp³-hybridized carbons (Fsp3) is 0.571. The predicted octanol–water partition coefficient (Wildman–Crippen LogP) is -0.195. The van der Waals surface area contributed by atoms with E-state index in [2.05, 4.69) is 11.3 Å². The molecular weight excluding hydrogens is 148 g/mol. The van der Waals surface area contributed by atoms with E-state index in [-0.39, 0.29) is 5.57 Å². The van der Waals surface area contributed by atoms with E-state index in [0.29, 0.717) is 0 Å². The Bertz CT molecular complexity index is 162. The minimum absolute atomic E-state index is 0.234. The summed E-state index contributed by atoms with van der Waals surface area (Å²) in [5.41, 5.74) is 0.234. The highest BCUT2D eigenvalue weighted by atomic mass is 16.6. The molecule has 1 atom stereocenters. The highest BCUT2D eigenvalue weighted by molar-refractivity contribution is 5.87. The molecule has 2 N–H and O–H groups in total. The van der Waals surface area contributed by atoms with Gasteiger partial charge in [0.25, 0.3) is 0 Å². The summed E-state index contributed by atoms with van der Waals surface area (Å²) in [5, 5.41) is 17.0. The molecule has 0 spiro atoms. The summed E-state index contributed by atoms with van der Waals surface area (Å²) >= 11 is 0. The maximum Gasteiger partial charge on any atom is 0.333 e. The van der Waals surface area contributed by atoms with Crippen LogP contribution < -0.4 is 0 Å². The largest absolute Gasteiger partial charge is 0.454 e. The van der Waals surface area contributed by atoms with Crippen molar-refractivity contribution in [2.24, 2.45) is 0 Å². The highest BCUT2D eigenvalue weighted by Crippen LogP contribution is 2.00. The van der Waals surface area contributed by atoms with Gasteiger partial charge >= 0.3 is 5.97 Å². The smallest absolute Gasteiger partial charge is 0.333 e. The molecule has 0 saturated heterocycles. The number of aliphatic hydroxyl groups excluding tert-OH is 1. The van der Waals surface area contributed by atoms with Crippen molar-refractivity contribution in [3.8, 4) is 0 Å². The van der Waals surface area contributed by atoms with Gasteiger partial charge < -0.3 is 14.9 Å². The topological polar surface area (TPSA) is 66.8 Å². The third-order valence-electron chi connectivity index (χ3n) is 1.06. The highest BCUT2D eigenvalue weighted by Gasteiger charge is 2.15. The van der Waals surface area contributed by atoms with Gasteiger partial charge in [0, 0.05) is 5.57 Å². The van der Waals surface area contributed by atoms with Gasteiger partial charge in [0.1, 0.15) is 6.10 Å². The number of aliphatic hydroxyl groups is 2. The van der Waals surface area contributed by atoms with Gasteiger partial charge in [-0.25, -0.2) is 4.79 Å². The van der Waals surface area contributed by atoms with Crippen LogP contribution in [0.3, 0.4) is 0 Å². The Hall–Kier alpha value is -0.870. The first-order chi connectivity index (χ1) is 4.95. The summed E-state index contributed by atoms with van der Waals surface area (Å²) in [6.07, 6.45) is -2.56. The van der Waals surface area contributed by atoms with Gasteiger partial charge in [0.05, 0.1) is 0 Å². The lowest BCUT2D eigenvalue weighted by Gasteiger charge is -2.14. The van der Waals surface area contributed by atoms with Crippen molar-refractivity contribution >= 4 is 5.97 Å². The van der Waals surface area contributed by atoms with Crippen LogP contribution in [0.2, 0.25) is 0 Å². The summed E-state index contributed by atoms with van der Waals surface area (Å²) in [6.45, 7) is 6.20. The van der Waals surface area contributed by atoms with E-state index in [9.17, 15) is 4.79 Å². The molecule has 11 heavy (non-hydrogen) atoms. The van der Waals surface area contributed by atoms with E-state index in [1.165, 1.54) is 13.8 Å². The maximum atomic E-state index is 10.7. The summed E-state index contributed by atoms with van der Waals surface area (Å²) in [7, 11) is 0. The molecule has 0 aliphatic heterocycles. The van der Waals surface area contributed by atoms with E-state index in [0.717, 1.165) is 0 Å². The Kier molecular flexibility index (Phi) is 3.78. The summed E-state index contributed by atoms with van der Waals surface area (Å²) in [6, 6.07) is 0. The third-order valence-corrected chi connectivity index (χ3v) is 1.06. The van der Waals surface area contributed by atoms with Crippen LogP contribution in [0, 0.1) is 0 Å². The number of hydrogen-bond donors (Lipinski definition) is 2. The number of rotatable bonds is 3. The molecule has 0 amide bonds. The number of ether oxygens (including phenoxy) is 1. The molecule has 1 unspecified atom stereocenters. The first-order valence-corrected chi connectivity index (χ1v) is 3.17. The SMILES string of the molecule is C=C(C)C(=O)OC(C)C(O)O. The molecular formula is C7H12O4. The van der Waals surface area contributed by atoms with Gasteiger partial charge in [-0.2, -0.15) is 0 Å². The van der Waals surface area contributed by atoms with Crippen LogP contribution in [0.5, 0.6) is 0 Å². The van der Waals surface area contributed by atoms with Gasteiger partial charge in [-0.05, 0) is 13.8 Å². The summed E-state index contributed by atoms with van der Waals surface area (Å²) in [4.78, 5) is 10.7. The van der Waals surface area contributed by atoms with Crippen molar-refractivity contribution in [1.29, 1.82) is 0 Å². The number of carbonyl (C=O) groups is 1. The second kappa shape index (κ2) is 4.10. The fourth-order valence-corrected chi connectivity index (χ4v) is 0.330. The quantitative estimate of drug-likeness (QED) is 0.341. The Balaban J connectivity index is 3.85. The Morgan fingerprint density at radius 1 is 1.55 bits per heavy atom. The third kappa shape index (κ3) is 3.75. The molecule has 0 aliphatic rings. The standard InChI is InChI=1S/C7H12O4/c1-4(2)7(10)11-5(3)6(8)9/h5-6,8-9H,1H2,2-3H3. The van der Waals surface area contributed by atoms with Crippen LogP contribution in [0.15, 0.2) is 12.2 Å². The van der Waals surface area contributed by atoms with Crippen LogP contribution in [-0.4, -0.2) is 28.6 Å². The van der Waals surface area contributed by atoms with Gasteiger partial charge in [-0.15, -0.1) is 0 Å². The van der Waals surface area contributed by atoms with Crippen LogP contribution in [0.25, 0.3) is 0 Å². The van der Waals surface area contributed by atoms with Crippen molar-refractivity contribution < 1.29 is 19.7 Å². The monoisotopic (exact) mass is 160 g/mol. The van der Waals surface area contributed by atoms with E-state index in [4.69, 9.17) is 10.2 Å². The minimum atomic E-state index is -1.64. The van der Waals surface area contributed by atoms with Gasteiger partial charge in [-0.3, -0.25) is 0 Å². The molecule has 0 aromatic rings. The van der Waals surface area contributed by atoms with Gasteiger partial charge in [0.15, 0.2) is 6.29 Å². The van der Waals surface area contributed by atoms with E-state index < -0.39 is 18.4 Å². The normalized spacial score (nSPS) is 12.8. The van der Waals surface area contributed by atoms with Crippen LogP contribution >= 0.6 is 0 Å². The molecule has 0 bridgehead atoms. The molecule has 0 radical (unpaired) electrons. The Labute approximate surface area is 65.1 Å². The molecule has 0 rings (SSSR count). The molecule has 0 aromatic heterocycles. The Morgan fingerprint density at radius 2 is 2.00 bits per heavy atom. The first-order valence-electron chi connectivity index (χ1n) is 3.17. The predicted molar refractivity (Wildman–Crippen MR) is 38.6 cm³/mol. The second-order valence-corrected chi connectivity index (χ2v) is 2.30. The maximum absolute atomic E-state index is 10.7. The molecule has 0 heterocycles. The van der Waals surface area contributed by atoms with Crippen LogP contribution in [0.4, 0.5) is 0 Å². The molecule has 4 heteroatoms. The molecule has 0 fully saturated rings. The molecule has 64 valence electrons. The lowest BCUT2D eigenvalue weighted by Crippen LogP contribution is -2.28. The van der Waals surface area contributed by atoms with Crippen molar-refractivity contribution in [2.45, 2.75) is 26.2 Å². The number of carbonyl (C=O) groups excluding carboxylic acids is 1. The summed E-state index contributed by atoms with van der Waals surface area (Å²) < 4.78 is 4.53. The van der Waals surface area contributed by atoms with E-state index >= 15 is 0 Å². The molecule has 0 aromatic carbocycles. The Morgan fingerprint density at radius 3 is 2.27 bits per heavy atom. The van der Waals surface area contributed by atoms with Crippen molar-refractivity contribution in [1.82, 2.24) is 0 Å². The second-order valence-electron chi connectivity index (χ2n) is 2.30. The zero-order chi connectivity index (χ0) is 9.02. The van der Waals surface area contributed by atoms with Gasteiger partial charge in [-0.1, -0.05) is 6.58 Å². The zero-order valence-corrected chi connectivity index (χ0v) is 6.57. The average molecular weight is 160 g/mol. The number of hydrogen-bond acceptors (Lipinski definition) is 4. The van der Waals surface area contributed by atoms with Crippen LogP contribution in [0.1, 0.15) is 13.8 Å². The zero-order valence-electron chi connectivity index (χ0n) is 6.57. The average Bonchev–Trinajstić information content (AvgIpc) is 1.87. The molecule has 4 nitrogen and oxygen atoms in total. The van der Waals surface area contributed by atoms with E-state index in [1.54, 1.807) is 0 Å². The number of esters is 1. The lowest BCUT2D eigenvalue weighted by molar-refractivity contribution is -0.167. The van der Waals surface area contributed by atoms with Crippen LogP contribution in [-0.2, 0) is 9.53 Å². The van der Waals surface area contributed by atoms with E-state index in [1.807, 2.05) is 0 Å². The first kappa shape index (κ1) is 10.1. The van der Waals surface area contributed by atoms with Crippen molar-refractivity contribution in [2.75, 3.05) is 0 Å². The summed E-state index contributed by atoms with van der Waals surface area (Å²) in [5.74, 6) is -0.620.